The lowest BCUT2D eigenvalue weighted by Gasteiger charge is -2.21. The Labute approximate surface area is 181 Å². The van der Waals surface area contributed by atoms with Gasteiger partial charge in [0.15, 0.2) is 0 Å². The fourth-order valence-electron chi connectivity index (χ4n) is 3.37. The third-order valence-corrected chi connectivity index (χ3v) is 5.58. The maximum absolute atomic E-state index is 4.39. The molecule has 0 bridgehead atoms. The molecule has 7 heteroatoms. The lowest BCUT2D eigenvalue weighted by atomic mass is 10.2. The molecule has 2 aromatic carbocycles. The average Bonchev–Trinajstić information content (AvgIpc) is 3.43. The Morgan fingerprint density at radius 1 is 0.767 bits per heavy atom. The standard InChI is InChI=1S/C23H26N6S/c1-28(15-19-6-3-2-4-7-19)30-21-9-5-8-20(14-21)16-29(17-22-24-10-11-25-22)18-23-26-12-13-27-23/h2-14H,15-18H2,1H3,(H,24,25)(H,26,27). The van der Waals surface area contributed by atoms with Gasteiger partial charge in [0.25, 0.3) is 0 Å². The molecule has 0 aliphatic carbocycles. The second-order valence-corrected chi connectivity index (χ2v) is 8.50. The lowest BCUT2D eigenvalue weighted by molar-refractivity contribution is 0.236. The van der Waals surface area contributed by atoms with E-state index < -0.39 is 0 Å². The number of H-pyrrole nitrogens is 2. The molecule has 154 valence electrons. The maximum atomic E-state index is 4.39. The van der Waals surface area contributed by atoms with E-state index in [9.17, 15) is 0 Å². The third-order valence-electron chi connectivity index (χ3n) is 4.67. The molecule has 0 unspecified atom stereocenters. The molecule has 0 amide bonds. The van der Waals surface area contributed by atoms with Crippen molar-refractivity contribution in [1.82, 2.24) is 29.1 Å². The molecule has 2 N–H and O–H groups in total. The van der Waals surface area contributed by atoms with Crippen molar-refractivity contribution in [2.24, 2.45) is 0 Å². The van der Waals surface area contributed by atoms with Crippen LogP contribution >= 0.6 is 11.9 Å². The molecule has 0 atom stereocenters. The Balaban J connectivity index is 1.41. The lowest BCUT2D eigenvalue weighted by Crippen LogP contribution is -2.23. The van der Waals surface area contributed by atoms with E-state index >= 15 is 0 Å². The molecule has 0 aliphatic heterocycles. The van der Waals surface area contributed by atoms with Crippen molar-refractivity contribution in [2.45, 2.75) is 31.1 Å². The Kier molecular flexibility index (Phi) is 6.97. The van der Waals surface area contributed by atoms with Crippen molar-refractivity contribution < 1.29 is 0 Å². The van der Waals surface area contributed by atoms with Gasteiger partial charge in [0.2, 0.25) is 0 Å². The highest BCUT2D eigenvalue weighted by molar-refractivity contribution is 7.97. The van der Waals surface area contributed by atoms with Gasteiger partial charge in [0.05, 0.1) is 13.1 Å². The first-order valence-corrected chi connectivity index (χ1v) is 10.7. The quantitative estimate of drug-likeness (QED) is 0.372. The van der Waals surface area contributed by atoms with Crippen LogP contribution in [0.4, 0.5) is 0 Å². The van der Waals surface area contributed by atoms with Gasteiger partial charge in [-0.1, -0.05) is 42.5 Å². The first-order chi connectivity index (χ1) is 14.7. The van der Waals surface area contributed by atoms with Crippen molar-refractivity contribution in [1.29, 1.82) is 0 Å². The summed E-state index contributed by atoms with van der Waals surface area (Å²) in [6.45, 7) is 3.19. The number of rotatable bonds is 10. The highest BCUT2D eigenvalue weighted by atomic mass is 32.2. The summed E-state index contributed by atoms with van der Waals surface area (Å²) in [6, 6.07) is 19.3. The van der Waals surface area contributed by atoms with Crippen LogP contribution in [-0.4, -0.2) is 36.2 Å². The topological polar surface area (TPSA) is 63.8 Å². The molecule has 30 heavy (non-hydrogen) atoms. The Morgan fingerprint density at radius 2 is 1.43 bits per heavy atom. The highest BCUT2D eigenvalue weighted by Gasteiger charge is 2.12. The number of nitrogens with zero attached hydrogens (tertiary/aromatic N) is 4. The van der Waals surface area contributed by atoms with Crippen LogP contribution in [0.2, 0.25) is 0 Å². The van der Waals surface area contributed by atoms with Gasteiger partial charge in [0, 0.05) is 42.8 Å². The Bertz CT molecular complexity index is 965. The summed E-state index contributed by atoms with van der Waals surface area (Å²) < 4.78 is 2.26. The molecular formula is C23H26N6S. The van der Waals surface area contributed by atoms with Gasteiger partial charge >= 0.3 is 0 Å². The number of aromatic amines is 2. The van der Waals surface area contributed by atoms with Crippen molar-refractivity contribution in [3.63, 3.8) is 0 Å². The van der Waals surface area contributed by atoms with Crippen molar-refractivity contribution in [3.8, 4) is 0 Å². The van der Waals surface area contributed by atoms with Gasteiger partial charge in [-0.05, 0) is 42.3 Å². The zero-order chi connectivity index (χ0) is 20.6. The fourth-order valence-corrected chi connectivity index (χ4v) is 4.29. The van der Waals surface area contributed by atoms with Crippen LogP contribution in [0.15, 0.2) is 84.3 Å². The summed E-state index contributed by atoms with van der Waals surface area (Å²) in [5.41, 5.74) is 2.58. The van der Waals surface area contributed by atoms with Crippen LogP contribution in [0.1, 0.15) is 22.8 Å². The molecule has 0 aliphatic rings. The summed E-state index contributed by atoms with van der Waals surface area (Å²) in [5.74, 6) is 1.91. The molecule has 2 heterocycles. The molecule has 0 saturated heterocycles. The maximum Gasteiger partial charge on any atom is 0.120 e. The molecule has 0 saturated carbocycles. The highest BCUT2D eigenvalue weighted by Crippen LogP contribution is 2.24. The van der Waals surface area contributed by atoms with Gasteiger partial charge in [-0.15, -0.1) is 0 Å². The predicted molar refractivity (Wildman–Crippen MR) is 120 cm³/mol. The molecule has 0 fully saturated rings. The van der Waals surface area contributed by atoms with E-state index in [4.69, 9.17) is 0 Å². The molecule has 0 radical (unpaired) electrons. The van der Waals surface area contributed by atoms with Crippen LogP contribution in [0.5, 0.6) is 0 Å². The van der Waals surface area contributed by atoms with Crippen LogP contribution in [-0.2, 0) is 26.2 Å². The van der Waals surface area contributed by atoms with Gasteiger partial charge < -0.3 is 9.97 Å². The van der Waals surface area contributed by atoms with E-state index in [1.54, 1.807) is 24.3 Å². The summed E-state index contributed by atoms with van der Waals surface area (Å²) in [4.78, 5) is 18.7. The minimum Gasteiger partial charge on any atom is -0.348 e. The largest absolute Gasteiger partial charge is 0.348 e. The minimum absolute atomic E-state index is 0.735. The number of nitrogens with one attached hydrogen (secondary N) is 2. The molecule has 0 spiro atoms. The van der Waals surface area contributed by atoms with E-state index in [0.29, 0.717) is 0 Å². The zero-order valence-electron chi connectivity index (χ0n) is 17.0. The third kappa shape index (κ3) is 6.06. The number of benzene rings is 2. The van der Waals surface area contributed by atoms with Crippen LogP contribution in [0.25, 0.3) is 0 Å². The van der Waals surface area contributed by atoms with Crippen LogP contribution in [0.3, 0.4) is 0 Å². The second-order valence-electron chi connectivity index (χ2n) is 7.23. The fraction of sp³-hybridized carbons (Fsp3) is 0.217. The van der Waals surface area contributed by atoms with Crippen molar-refractivity contribution in [2.75, 3.05) is 7.05 Å². The Hall–Kier alpha value is -2.87. The van der Waals surface area contributed by atoms with E-state index in [-0.39, 0.29) is 0 Å². The molecular weight excluding hydrogens is 392 g/mol. The first kappa shape index (κ1) is 20.4. The summed E-state index contributed by atoms with van der Waals surface area (Å²) in [6.07, 6.45) is 7.31. The van der Waals surface area contributed by atoms with Gasteiger partial charge in [-0.3, -0.25) is 4.90 Å². The molecule has 6 nitrogen and oxygen atoms in total. The van der Waals surface area contributed by atoms with Gasteiger partial charge in [-0.2, -0.15) is 0 Å². The minimum atomic E-state index is 0.735. The van der Waals surface area contributed by atoms with E-state index in [1.807, 2.05) is 12.4 Å². The number of imidazole rings is 2. The van der Waals surface area contributed by atoms with Crippen LogP contribution < -0.4 is 0 Å². The van der Waals surface area contributed by atoms with Crippen LogP contribution in [0, 0.1) is 0 Å². The van der Waals surface area contributed by atoms with Crippen molar-refractivity contribution in [3.05, 3.63) is 102 Å². The monoisotopic (exact) mass is 418 g/mol. The normalized spacial score (nSPS) is 11.4. The molecule has 4 rings (SSSR count). The smallest absolute Gasteiger partial charge is 0.120 e. The van der Waals surface area contributed by atoms with Gasteiger partial charge in [0.1, 0.15) is 11.6 Å². The SMILES string of the molecule is CN(Cc1ccccc1)Sc1cccc(CN(Cc2ncc[nH]2)Cc2ncc[nH]2)c1. The molecule has 4 aromatic rings. The second kappa shape index (κ2) is 10.2. The zero-order valence-corrected chi connectivity index (χ0v) is 17.8. The summed E-state index contributed by atoms with van der Waals surface area (Å²) >= 11 is 1.77. The van der Waals surface area contributed by atoms with Gasteiger partial charge in [-0.25, -0.2) is 14.3 Å². The van der Waals surface area contributed by atoms with E-state index in [1.165, 1.54) is 16.0 Å². The number of aromatic nitrogens is 4. The van der Waals surface area contributed by atoms with E-state index in [2.05, 4.69) is 90.8 Å². The summed E-state index contributed by atoms with van der Waals surface area (Å²) in [7, 11) is 2.13. The number of hydrogen-bond acceptors (Lipinski definition) is 5. The predicted octanol–water partition coefficient (Wildman–Crippen LogP) is 4.47. The Morgan fingerprint density at radius 3 is 2.07 bits per heavy atom. The first-order valence-electron chi connectivity index (χ1n) is 9.95. The van der Waals surface area contributed by atoms with Crippen molar-refractivity contribution >= 4 is 11.9 Å². The molecule has 2 aromatic heterocycles. The van der Waals surface area contributed by atoms with E-state index in [0.717, 1.165) is 37.8 Å². The summed E-state index contributed by atoms with van der Waals surface area (Å²) in [5, 5.41) is 0. The average molecular weight is 419 g/mol. The number of hydrogen-bond donors (Lipinski definition) is 2.